The Morgan fingerprint density at radius 3 is 2.56 bits per heavy atom. The van der Waals surface area contributed by atoms with Crippen molar-refractivity contribution in [3.8, 4) is 34.8 Å². The van der Waals surface area contributed by atoms with Crippen molar-refractivity contribution in [2.45, 2.75) is 19.8 Å². The molecule has 0 amide bonds. The van der Waals surface area contributed by atoms with Crippen LogP contribution in [0.1, 0.15) is 30.9 Å². The molecule has 1 aliphatic carbocycles. The summed E-state index contributed by atoms with van der Waals surface area (Å²) in [7, 11) is 0. The highest BCUT2D eigenvalue weighted by molar-refractivity contribution is 5.82. The Hall–Kier alpha value is -3.78. The zero-order chi connectivity index (χ0) is 19.6. The first-order valence-corrected chi connectivity index (χ1v) is 8.35. The zero-order valence-corrected chi connectivity index (χ0v) is 14.5. The number of nitrogens with two attached hydrogens (primary N) is 1. The number of nitriles is 2. The summed E-state index contributed by atoms with van der Waals surface area (Å²) in [5, 5.41) is 18.8. The van der Waals surface area contributed by atoms with Crippen LogP contribution in [-0.4, -0.2) is 17.6 Å². The summed E-state index contributed by atoms with van der Waals surface area (Å²) >= 11 is 0. The number of nitrogens with one attached hydrogen (secondary N) is 1. The van der Waals surface area contributed by atoms with Gasteiger partial charge >= 0.3 is 5.97 Å². The van der Waals surface area contributed by atoms with Crippen LogP contribution in [0.4, 0.5) is 5.82 Å². The Bertz CT molecular complexity index is 1060. The molecule has 1 fully saturated rings. The number of hydrogen-bond acceptors (Lipinski definition) is 7. The first-order valence-electron chi connectivity index (χ1n) is 8.35. The number of nitrogens with zero attached hydrogens (tertiary/aromatic N) is 2. The minimum absolute atomic E-state index is 0.0173. The molecule has 0 atom stereocenters. The number of benzene rings is 1. The number of anilines is 1. The summed E-state index contributed by atoms with van der Waals surface area (Å²) in [6, 6.07) is 8.31. The molecule has 0 unspecified atom stereocenters. The number of hydrogen-bond donors (Lipinski definition) is 2. The minimum atomic E-state index is -0.689. The van der Waals surface area contributed by atoms with Crippen molar-refractivity contribution >= 4 is 11.8 Å². The van der Waals surface area contributed by atoms with E-state index in [9.17, 15) is 20.1 Å². The standard InChI is InChI=1S/C19H16N4O4/c1-2-26-15-7-11(5-6-14(15)27-19(25)10-3-4-10)16-12(8-20)17(22)23-18(24)13(16)9-21/h5-7,10H,2-4H2,1H3,(H3,22,23,24). The average molecular weight is 364 g/mol. The molecule has 1 aromatic carbocycles. The molecule has 27 heavy (non-hydrogen) atoms. The van der Waals surface area contributed by atoms with Gasteiger partial charge in [-0.25, -0.2) is 0 Å². The van der Waals surface area contributed by atoms with E-state index in [1.54, 1.807) is 13.0 Å². The monoisotopic (exact) mass is 364 g/mol. The van der Waals surface area contributed by atoms with Crippen LogP contribution in [0.25, 0.3) is 11.1 Å². The molecular weight excluding hydrogens is 348 g/mol. The number of ether oxygens (including phenoxy) is 2. The van der Waals surface area contributed by atoms with Crippen molar-refractivity contribution in [3.63, 3.8) is 0 Å². The van der Waals surface area contributed by atoms with Crippen molar-refractivity contribution in [3.05, 3.63) is 39.7 Å². The van der Waals surface area contributed by atoms with E-state index in [1.807, 2.05) is 12.1 Å². The maximum absolute atomic E-state index is 12.1. The topological polar surface area (TPSA) is 142 Å². The molecule has 0 saturated heterocycles. The number of esters is 1. The molecule has 0 aliphatic heterocycles. The van der Waals surface area contributed by atoms with Crippen molar-refractivity contribution < 1.29 is 14.3 Å². The number of H-pyrrole nitrogens is 1. The van der Waals surface area contributed by atoms with E-state index in [-0.39, 0.29) is 45.9 Å². The molecule has 3 N–H and O–H groups in total. The van der Waals surface area contributed by atoms with Crippen molar-refractivity contribution in [1.29, 1.82) is 10.5 Å². The number of aromatic amines is 1. The molecule has 8 nitrogen and oxygen atoms in total. The second kappa shape index (κ2) is 7.22. The summed E-state index contributed by atoms with van der Waals surface area (Å²) in [6.07, 6.45) is 1.62. The molecule has 1 aromatic heterocycles. The van der Waals surface area contributed by atoms with Gasteiger partial charge in [0.05, 0.1) is 12.5 Å². The lowest BCUT2D eigenvalue weighted by molar-refractivity contribution is -0.135. The van der Waals surface area contributed by atoms with Gasteiger partial charge in [-0.3, -0.25) is 9.59 Å². The number of carbonyl (C=O) groups excluding carboxylic acids is 1. The van der Waals surface area contributed by atoms with Gasteiger partial charge in [0.1, 0.15) is 29.1 Å². The van der Waals surface area contributed by atoms with E-state index in [0.717, 1.165) is 12.8 Å². The van der Waals surface area contributed by atoms with Crippen LogP contribution in [0.5, 0.6) is 11.5 Å². The maximum atomic E-state index is 12.1. The van der Waals surface area contributed by atoms with E-state index in [2.05, 4.69) is 4.98 Å². The first-order chi connectivity index (χ1) is 13.0. The maximum Gasteiger partial charge on any atom is 0.314 e. The van der Waals surface area contributed by atoms with Crippen LogP contribution in [0.2, 0.25) is 0 Å². The fraction of sp³-hybridized carbons (Fsp3) is 0.263. The van der Waals surface area contributed by atoms with E-state index in [0.29, 0.717) is 12.2 Å². The average Bonchev–Trinajstić information content (AvgIpc) is 3.48. The van der Waals surface area contributed by atoms with E-state index >= 15 is 0 Å². The van der Waals surface area contributed by atoms with Crippen LogP contribution >= 0.6 is 0 Å². The molecule has 0 bridgehead atoms. The smallest absolute Gasteiger partial charge is 0.314 e. The molecule has 3 rings (SSSR count). The van der Waals surface area contributed by atoms with E-state index in [1.165, 1.54) is 12.1 Å². The van der Waals surface area contributed by atoms with Gasteiger partial charge in [-0.05, 0) is 37.5 Å². The van der Waals surface area contributed by atoms with Crippen LogP contribution in [0.3, 0.4) is 0 Å². The predicted octanol–water partition coefficient (Wildman–Crippen LogP) is 2.08. The van der Waals surface area contributed by atoms with Crippen LogP contribution < -0.4 is 20.8 Å². The Labute approximate surface area is 154 Å². The number of pyridine rings is 1. The zero-order valence-electron chi connectivity index (χ0n) is 14.5. The molecular formula is C19H16N4O4. The third-order valence-corrected chi connectivity index (χ3v) is 4.12. The van der Waals surface area contributed by atoms with Gasteiger partial charge in [-0.15, -0.1) is 0 Å². The highest BCUT2D eigenvalue weighted by Crippen LogP contribution is 2.38. The number of rotatable bonds is 5. The number of aromatic nitrogens is 1. The Kier molecular flexibility index (Phi) is 4.82. The van der Waals surface area contributed by atoms with Crippen LogP contribution in [-0.2, 0) is 4.79 Å². The Morgan fingerprint density at radius 1 is 1.26 bits per heavy atom. The summed E-state index contributed by atoms with van der Waals surface area (Å²) in [5.41, 5.74) is 5.30. The number of carbonyl (C=O) groups is 1. The third kappa shape index (κ3) is 3.46. The Morgan fingerprint density at radius 2 is 1.96 bits per heavy atom. The van der Waals surface area contributed by atoms with Crippen molar-refractivity contribution in [2.75, 3.05) is 12.3 Å². The Balaban J connectivity index is 2.14. The minimum Gasteiger partial charge on any atom is -0.490 e. The fourth-order valence-corrected chi connectivity index (χ4v) is 2.66. The third-order valence-electron chi connectivity index (χ3n) is 4.12. The lowest BCUT2D eigenvalue weighted by atomic mass is 9.96. The highest BCUT2D eigenvalue weighted by Gasteiger charge is 2.32. The molecule has 1 aliphatic rings. The quantitative estimate of drug-likeness (QED) is 0.611. The van der Waals surface area contributed by atoms with Crippen LogP contribution in [0, 0.1) is 28.6 Å². The van der Waals surface area contributed by atoms with Gasteiger partial charge in [0.25, 0.3) is 5.56 Å². The lowest BCUT2D eigenvalue weighted by Crippen LogP contribution is -2.16. The first kappa shape index (κ1) is 18.0. The summed E-state index contributed by atoms with van der Waals surface area (Å²) in [6.45, 7) is 2.08. The van der Waals surface area contributed by atoms with Gasteiger partial charge in [0.2, 0.25) is 0 Å². The molecule has 0 spiro atoms. The molecule has 8 heteroatoms. The van der Waals surface area contributed by atoms with Gasteiger partial charge in [0.15, 0.2) is 11.5 Å². The molecule has 1 heterocycles. The largest absolute Gasteiger partial charge is 0.490 e. The summed E-state index contributed by atoms with van der Waals surface area (Å²) in [4.78, 5) is 26.3. The lowest BCUT2D eigenvalue weighted by Gasteiger charge is -2.14. The second-order valence-electron chi connectivity index (χ2n) is 6.01. The van der Waals surface area contributed by atoms with E-state index in [4.69, 9.17) is 15.2 Å². The highest BCUT2D eigenvalue weighted by atomic mass is 16.6. The van der Waals surface area contributed by atoms with Gasteiger partial charge < -0.3 is 20.2 Å². The van der Waals surface area contributed by atoms with Gasteiger partial charge in [0, 0.05) is 5.56 Å². The van der Waals surface area contributed by atoms with Gasteiger partial charge in [-0.2, -0.15) is 10.5 Å². The second-order valence-corrected chi connectivity index (χ2v) is 6.01. The molecule has 0 radical (unpaired) electrons. The van der Waals surface area contributed by atoms with Crippen molar-refractivity contribution in [1.82, 2.24) is 4.98 Å². The van der Waals surface area contributed by atoms with Gasteiger partial charge in [-0.1, -0.05) is 6.07 Å². The SMILES string of the molecule is CCOc1cc(-c2c(C#N)c(N)[nH]c(=O)c2C#N)ccc1OC(=O)C1CC1. The molecule has 2 aromatic rings. The van der Waals surface area contributed by atoms with Crippen LogP contribution in [0.15, 0.2) is 23.0 Å². The van der Waals surface area contributed by atoms with E-state index < -0.39 is 5.56 Å². The van der Waals surface area contributed by atoms with Crippen molar-refractivity contribution in [2.24, 2.45) is 5.92 Å². The normalized spacial score (nSPS) is 12.7. The molecule has 1 saturated carbocycles. The molecule has 136 valence electrons. The predicted molar refractivity (Wildman–Crippen MR) is 95.9 cm³/mol. The fourth-order valence-electron chi connectivity index (χ4n) is 2.66. The number of nitrogen functional groups attached to an aromatic ring is 1. The summed E-state index contributed by atoms with van der Waals surface area (Å²) < 4.78 is 10.9. The summed E-state index contributed by atoms with van der Waals surface area (Å²) in [5.74, 6) is -0.0109.